The Morgan fingerprint density at radius 1 is 1.22 bits per heavy atom. The smallest absolute Gasteiger partial charge is 0.335 e. The number of hydrogen-bond acceptors (Lipinski definition) is 3. The lowest BCUT2D eigenvalue weighted by Crippen LogP contribution is -2.30. The maximum absolute atomic E-state index is 12.5. The van der Waals surface area contributed by atoms with Gasteiger partial charge in [0.05, 0.1) is 11.6 Å². The summed E-state index contributed by atoms with van der Waals surface area (Å²) in [7, 11) is 0. The second kappa shape index (κ2) is 6.96. The molecule has 1 aromatic heterocycles. The van der Waals surface area contributed by atoms with Crippen molar-refractivity contribution in [1.29, 1.82) is 0 Å². The molecule has 2 heterocycles. The summed E-state index contributed by atoms with van der Waals surface area (Å²) >= 11 is 1.71. The molecule has 3 rings (SSSR count). The van der Waals surface area contributed by atoms with Crippen LogP contribution in [-0.2, 0) is 11.2 Å². The van der Waals surface area contributed by atoms with E-state index in [0.717, 1.165) is 24.9 Å². The van der Waals surface area contributed by atoms with Crippen LogP contribution in [0.25, 0.3) is 0 Å². The fraction of sp³-hybridized carbons (Fsp3) is 0.333. The number of thiophene rings is 1. The first-order chi connectivity index (χ1) is 11.1. The first-order valence-corrected chi connectivity index (χ1v) is 8.68. The number of carbonyl (C=O) groups is 2. The second-order valence-electron chi connectivity index (χ2n) is 5.76. The zero-order valence-corrected chi connectivity index (χ0v) is 13.6. The largest absolute Gasteiger partial charge is 0.478 e. The fourth-order valence-corrected chi connectivity index (χ4v) is 3.92. The molecule has 1 aromatic carbocycles. The van der Waals surface area contributed by atoms with Gasteiger partial charge in [-0.15, -0.1) is 11.3 Å². The van der Waals surface area contributed by atoms with E-state index in [1.807, 2.05) is 11.0 Å². The molecule has 0 bridgehead atoms. The number of carboxylic acid groups (broad SMARTS) is 1. The molecule has 1 amide bonds. The molecule has 0 aliphatic carbocycles. The van der Waals surface area contributed by atoms with Crippen LogP contribution in [0.5, 0.6) is 0 Å². The Bertz CT molecular complexity index is 679. The number of likely N-dealkylation sites (tertiary alicyclic amines) is 1. The molecule has 2 aromatic rings. The van der Waals surface area contributed by atoms with Gasteiger partial charge in [0, 0.05) is 17.8 Å². The van der Waals surface area contributed by atoms with Crippen molar-refractivity contribution < 1.29 is 14.7 Å². The molecule has 4 nitrogen and oxygen atoms in total. The third-order valence-electron chi connectivity index (χ3n) is 4.27. The summed E-state index contributed by atoms with van der Waals surface area (Å²) in [5.41, 5.74) is 1.27. The highest BCUT2D eigenvalue weighted by atomic mass is 32.1. The highest BCUT2D eigenvalue weighted by Gasteiger charge is 2.30. The monoisotopic (exact) mass is 329 g/mol. The van der Waals surface area contributed by atoms with Gasteiger partial charge in [0.25, 0.3) is 0 Å². The topological polar surface area (TPSA) is 57.6 Å². The average Bonchev–Trinajstić information content (AvgIpc) is 3.23. The molecule has 0 radical (unpaired) electrons. The second-order valence-corrected chi connectivity index (χ2v) is 6.74. The van der Waals surface area contributed by atoms with Gasteiger partial charge in [-0.1, -0.05) is 18.2 Å². The molecule has 1 N–H and O–H groups in total. The van der Waals surface area contributed by atoms with Gasteiger partial charge >= 0.3 is 5.97 Å². The van der Waals surface area contributed by atoms with E-state index in [1.165, 1.54) is 4.88 Å². The van der Waals surface area contributed by atoms with Gasteiger partial charge in [-0.25, -0.2) is 4.79 Å². The van der Waals surface area contributed by atoms with Crippen LogP contribution in [0.1, 0.15) is 46.1 Å². The van der Waals surface area contributed by atoms with Gasteiger partial charge < -0.3 is 10.0 Å². The predicted octanol–water partition coefficient (Wildman–Crippen LogP) is 3.74. The van der Waals surface area contributed by atoms with E-state index in [0.29, 0.717) is 12.8 Å². The third-order valence-corrected chi connectivity index (χ3v) is 5.25. The van der Waals surface area contributed by atoms with Crippen LogP contribution in [0.2, 0.25) is 0 Å². The van der Waals surface area contributed by atoms with Crippen molar-refractivity contribution in [1.82, 2.24) is 4.90 Å². The van der Waals surface area contributed by atoms with Gasteiger partial charge in [-0.3, -0.25) is 4.79 Å². The van der Waals surface area contributed by atoms with Gasteiger partial charge in [-0.2, -0.15) is 0 Å². The van der Waals surface area contributed by atoms with Crippen LogP contribution < -0.4 is 0 Å². The highest BCUT2D eigenvalue weighted by molar-refractivity contribution is 7.10. The van der Waals surface area contributed by atoms with Crippen LogP contribution in [0.15, 0.2) is 41.8 Å². The van der Waals surface area contributed by atoms with E-state index in [1.54, 1.807) is 35.6 Å². The zero-order chi connectivity index (χ0) is 16.2. The van der Waals surface area contributed by atoms with Gasteiger partial charge in [0.1, 0.15) is 0 Å². The summed E-state index contributed by atoms with van der Waals surface area (Å²) in [6.07, 6.45) is 3.21. The Morgan fingerprint density at radius 3 is 2.65 bits per heavy atom. The summed E-state index contributed by atoms with van der Waals surface area (Å²) in [6, 6.07) is 11.1. The fourth-order valence-electron chi connectivity index (χ4n) is 3.05. The summed E-state index contributed by atoms with van der Waals surface area (Å²) in [5.74, 6) is -0.744. The predicted molar refractivity (Wildman–Crippen MR) is 89.7 cm³/mol. The first-order valence-electron chi connectivity index (χ1n) is 7.80. The average molecular weight is 329 g/mol. The molecule has 120 valence electrons. The highest BCUT2D eigenvalue weighted by Crippen LogP contribution is 2.34. The van der Waals surface area contributed by atoms with Crippen molar-refractivity contribution in [2.24, 2.45) is 0 Å². The minimum absolute atomic E-state index is 0.184. The van der Waals surface area contributed by atoms with Crippen LogP contribution in [-0.4, -0.2) is 28.4 Å². The van der Waals surface area contributed by atoms with E-state index in [-0.39, 0.29) is 17.5 Å². The lowest BCUT2D eigenvalue weighted by Gasteiger charge is -2.24. The molecule has 0 unspecified atom stereocenters. The number of hydrogen-bond donors (Lipinski definition) is 1. The SMILES string of the molecule is O=C(O)c1ccc(CCC(=O)N2CCC[C@@H]2c2cccs2)cc1. The Morgan fingerprint density at radius 2 is 2.00 bits per heavy atom. The number of aryl methyl sites for hydroxylation is 1. The standard InChI is InChI=1S/C18H19NO3S/c20-17(10-7-13-5-8-14(9-6-13)18(21)22)19-11-1-3-15(19)16-4-2-12-23-16/h2,4-6,8-9,12,15H,1,3,7,10-11H2,(H,21,22)/t15-/m1/s1. The summed E-state index contributed by atoms with van der Waals surface area (Å²) in [6.45, 7) is 0.833. The number of aromatic carboxylic acids is 1. The molecular weight excluding hydrogens is 310 g/mol. The summed E-state index contributed by atoms with van der Waals surface area (Å²) in [5, 5.41) is 11.0. The number of benzene rings is 1. The molecular formula is C18H19NO3S. The zero-order valence-electron chi connectivity index (χ0n) is 12.8. The first kappa shape index (κ1) is 15.7. The Hall–Kier alpha value is -2.14. The number of nitrogens with zero attached hydrogens (tertiary/aromatic N) is 1. The van der Waals surface area contributed by atoms with Crippen LogP contribution in [0.4, 0.5) is 0 Å². The maximum atomic E-state index is 12.5. The van der Waals surface area contributed by atoms with Crippen LogP contribution in [0, 0.1) is 0 Å². The lowest BCUT2D eigenvalue weighted by molar-refractivity contribution is -0.132. The molecule has 1 fully saturated rings. The van der Waals surface area contributed by atoms with Crippen molar-refractivity contribution >= 4 is 23.2 Å². The molecule has 0 saturated carbocycles. The molecule has 1 aliphatic rings. The summed E-state index contributed by atoms with van der Waals surface area (Å²) in [4.78, 5) is 26.6. The normalized spacial score (nSPS) is 17.4. The van der Waals surface area contributed by atoms with E-state index < -0.39 is 5.97 Å². The van der Waals surface area contributed by atoms with Crippen molar-refractivity contribution in [3.8, 4) is 0 Å². The number of amides is 1. The van der Waals surface area contributed by atoms with Crippen molar-refractivity contribution in [3.63, 3.8) is 0 Å². The molecule has 1 aliphatic heterocycles. The molecule has 0 spiro atoms. The molecule has 23 heavy (non-hydrogen) atoms. The van der Waals surface area contributed by atoms with Crippen molar-refractivity contribution in [2.75, 3.05) is 6.54 Å². The third kappa shape index (κ3) is 3.62. The Balaban J connectivity index is 1.59. The Labute approximate surface area is 139 Å². The van der Waals surface area contributed by atoms with Crippen LogP contribution in [0.3, 0.4) is 0 Å². The Kier molecular flexibility index (Phi) is 4.76. The number of carbonyl (C=O) groups excluding carboxylic acids is 1. The number of rotatable bonds is 5. The molecule has 1 saturated heterocycles. The van der Waals surface area contributed by atoms with Gasteiger partial charge in [0.15, 0.2) is 0 Å². The number of carboxylic acids is 1. The van der Waals surface area contributed by atoms with E-state index >= 15 is 0 Å². The van der Waals surface area contributed by atoms with Crippen molar-refractivity contribution in [2.45, 2.75) is 31.7 Å². The van der Waals surface area contributed by atoms with E-state index in [9.17, 15) is 9.59 Å². The molecule has 5 heteroatoms. The van der Waals surface area contributed by atoms with Gasteiger partial charge in [-0.05, 0) is 48.4 Å². The quantitative estimate of drug-likeness (QED) is 0.909. The maximum Gasteiger partial charge on any atom is 0.335 e. The minimum atomic E-state index is -0.927. The van der Waals surface area contributed by atoms with Crippen LogP contribution >= 0.6 is 11.3 Å². The van der Waals surface area contributed by atoms with E-state index in [4.69, 9.17) is 5.11 Å². The summed E-state index contributed by atoms with van der Waals surface area (Å²) < 4.78 is 0. The minimum Gasteiger partial charge on any atom is -0.478 e. The lowest BCUT2D eigenvalue weighted by atomic mass is 10.1. The molecule has 1 atom stereocenters. The van der Waals surface area contributed by atoms with Crippen molar-refractivity contribution in [3.05, 3.63) is 57.8 Å². The van der Waals surface area contributed by atoms with Gasteiger partial charge in [0.2, 0.25) is 5.91 Å². The van der Waals surface area contributed by atoms with E-state index in [2.05, 4.69) is 11.4 Å².